The van der Waals surface area contributed by atoms with E-state index in [0.29, 0.717) is 30.4 Å². The van der Waals surface area contributed by atoms with E-state index >= 15 is 0 Å². The van der Waals surface area contributed by atoms with Crippen LogP contribution in [0, 0.1) is 0 Å². The van der Waals surface area contributed by atoms with Gasteiger partial charge in [0.15, 0.2) is 0 Å². The number of amides is 1. The largest absolute Gasteiger partial charge is 0.494 e. The van der Waals surface area contributed by atoms with Crippen LogP contribution in [0.3, 0.4) is 0 Å². The van der Waals surface area contributed by atoms with E-state index in [9.17, 15) is 14.4 Å². The number of ether oxygens (including phenoxy) is 4. The van der Waals surface area contributed by atoms with Gasteiger partial charge in [-0.15, -0.1) is 0 Å². The number of nitrogens with one attached hydrogen (secondary N) is 2. The lowest BCUT2D eigenvalue weighted by Crippen LogP contribution is -2.23. The third-order valence-electron chi connectivity index (χ3n) is 4.12. The Morgan fingerprint density at radius 1 is 0.839 bits per heavy atom. The lowest BCUT2D eigenvalue weighted by atomic mass is 10.1. The van der Waals surface area contributed by atoms with Crippen molar-refractivity contribution < 1.29 is 33.3 Å². The van der Waals surface area contributed by atoms with Crippen LogP contribution in [0.4, 0.5) is 11.4 Å². The van der Waals surface area contributed by atoms with Crippen molar-refractivity contribution in [2.45, 2.75) is 13.8 Å². The molecule has 0 saturated heterocycles. The summed E-state index contributed by atoms with van der Waals surface area (Å²) < 4.78 is 20.5. The van der Waals surface area contributed by atoms with Crippen LogP contribution in [0.25, 0.3) is 0 Å². The van der Waals surface area contributed by atoms with Crippen molar-refractivity contribution in [2.24, 2.45) is 0 Å². The minimum Gasteiger partial charge on any atom is -0.494 e. The molecule has 0 saturated carbocycles. The Hall–Kier alpha value is -3.75. The summed E-state index contributed by atoms with van der Waals surface area (Å²) in [6.07, 6.45) is 0. The van der Waals surface area contributed by atoms with E-state index in [4.69, 9.17) is 14.2 Å². The normalized spacial score (nSPS) is 10.1. The number of methoxy groups -OCH3 is 2. The summed E-state index contributed by atoms with van der Waals surface area (Å²) in [4.78, 5) is 36.4. The van der Waals surface area contributed by atoms with Crippen LogP contribution in [0.15, 0.2) is 36.4 Å². The zero-order valence-corrected chi connectivity index (χ0v) is 17.9. The predicted molar refractivity (Wildman–Crippen MR) is 115 cm³/mol. The van der Waals surface area contributed by atoms with Gasteiger partial charge < -0.3 is 29.6 Å². The average molecular weight is 430 g/mol. The van der Waals surface area contributed by atoms with Gasteiger partial charge in [0.2, 0.25) is 5.91 Å². The Bertz CT molecular complexity index is 943. The minimum atomic E-state index is -0.650. The van der Waals surface area contributed by atoms with Crippen LogP contribution in [0.1, 0.15) is 34.6 Å². The maximum atomic E-state index is 12.6. The molecular weight excluding hydrogens is 404 g/mol. The second-order valence-corrected chi connectivity index (χ2v) is 6.17. The maximum Gasteiger partial charge on any atom is 0.339 e. The van der Waals surface area contributed by atoms with E-state index in [0.717, 1.165) is 0 Å². The van der Waals surface area contributed by atoms with Crippen molar-refractivity contribution in [3.8, 4) is 11.5 Å². The number of hydrogen-bond acceptors (Lipinski definition) is 8. The molecule has 2 aromatic rings. The first-order valence-corrected chi connectivity index (χ1v) is 9.67. The molecule has 2 rings (SSSR count). The summed E-state index contributed by atoms with van der Waals surface area (Å²) in [5.41, 5.74) is 1.01. The fourth-order valence-electron chi connectivity index (χ4n) is 2.74. The highest BCUT2D eigenvalue weighted by atomic mass is 16.5. The SMILES string of the molecule is CCOc1ccc(OCC)c(NCC(=O)Nc2cc(C(=O)OC)ccc2C(=O)OC)c1. The molecule has 9 heteroatoms. The topological polar surface area (TPSA) is 112 Å². The first kappa shape index (κ1) is 23.5. The Kier molecular flexibility index (Phi) is 8.68. The van der Waals surface area contributed by atoms with Gasteiger partial charge in [0.1, 0.15) is 11.5 Å². The molecule has 0 fully saturated rings. The van der Waals surface area contributed by atoms with Gasteiger partial charge in [-0.1, -0.05) is 0 Å². The number of carbonyl (C=O) groups is 3. The molecule has 1 amide bonds. The average Bonchev–Trinajstić information content (AvgIpc) is 2.78. The molecule has 0 bridgehead atoms. The van der Waals surface area contributed by atoms with Crippen molar-refractivity contribution >= 4 is 29.2 Å². The first-order valence-electron chi connectivity index (χ1n) is 9.67. The molecule has 2 N–H and O–H groups in total. The lowest BCUT2D eigenvalue weighted by Gasteiger charge is -2.15. The van der Waals surface area contributed by atoms with E-state index in [1.165, 1.54) is 32.4 Å². The van der Waals surface area contributed by atoms with Crippen LogP contribution in [-0.2, 0) is 14.3 Å². The summed E-state index contributed by atoms with van der Waals surface area (Å²) in [6.45, 7) is 4.56. The number of anilines is 2. The highest BCUT2D eigenvalue weighted by Crippen LogP contribution is 2.29. The van der Waals surface area contributed by atoms with Crippen LogP contribution < -0.4 is 20.1 Å². The molecule has 0 atom stereocenters. The number of carbonyl (C=O) groups excluding carboxylic acids is 3. The Labute approximate surface area is 180 Å². The van der Waals surface area contributed by atoms with Gasteiger partial charge in [-0.25, -0.2) is 9.59 Å². The fourth-order valence-corrected chi connectivity index (χ4v) is 2.74. The minimum absolute atomic E-state index is 0.108. The van der Waals surface area contributed by atoms with Crippen molar-refractivity contribution in [3.05, 3.63) is 47.5 Å². The molecule has 31 heavy (non-hydrogen) atoms. The second-order valence-electron chi connectivity index (χ2n) is 6.17. The van der Waals surface area contributed by atoms with E-state index in [1.807, 2.05) is 13.8 Å². The Morgan fingerprint density at radius 3 is 2.19 bits per heavy atom. The standard InChI is InChI=1S/C22H26N2O7/c1-5-30-15-8-10-19(31-6-2)18(12-15)23-13-20(25)24-17-11-14(21(26)28-3)7-9-16(17)22(27)29-4/h7-12,23H,5-6,13H2,1-4H3,(H,24,25). The molecule has 0 aliphatic heterocycles. The summed E-state index contributed by atoms with van der Waals surface area (Å²) in [5.74, 6) is -0.493. The summed E-state index contributed by atoms with van der Waals surface area (Å²) >= 11 is 0. The quantitative estimate of drug-likeness (QED) is 0.553. The number of esters is 2. The molecule has 0 radical (unpaired) electrons. The second kappa shape index (κ2) is 11.4. The van der Waals surface area contributed by atoms with Crippen molar-refractivity contribution in [1.82, 2.24) is 0 Å². The van der Waals surface area contributed by atoms with Gasteiger partial charge in [-0.2, -0.15) is 0 Å². The highest BCUT2D eigenvalue weighted by molar-refractivity contribution is 6.04. The van der Waals surface area contributed by atoms with E-state index in [1.54, 1.807) is 18.2 Å². The first-order chi connectivity index (χ1) is 14.9. The zero-order chi connectivity index (χ0) is 22.8. The van der Waals surface area contributed by atoms with E-state index in [-0.39, 0.29) is 23.4 Å². The van der Waals surface area contributed by atoms with Crippen molar-refractivity contribution in [2.75, 3.05) is 44.6 Å². The Balaban J connectivity index is 2.19. The van der Waals surface area contributed by atoms with E-state index < -0.39 is 17.8 Å². The Morgan fingerprint density at radius 2 is 1.55 bits per heavy atom. The van der Waals surface area contributed by atoms with Crippen LogP contribution in [-0.4, -0.2) is 51.8 Å². The van der Waals surface area contributed by atoms with Gasteiger partial charge in [0, 0.05) is 6.07 Å². The number of benzene rings is 2. The van der Waals surface area contributed by atoms with Crippen molar-refractivity contribution in [1.29, 1.82) is 0 Å². The van der Waals surface area contributed by atoms with Crippen LogP contribution in [0.2, 0.25) is 0 Å². The monoisotopic (exact) mass is 430 g/mol. The van der Waals surface area contributed by atoms with E-state index in [2.05, 4.69) is 15.4 Å². The van der Waals surface area contributed by atoms with Gasteiger partial charge in [-0.3, -0.25) is 4.79 Å². The van der Waals surface area contributed by atoms with Gasteiger partial charge in [0.25, 0.3) is 0 Å². The fraction of sp³-hybridized carbons (Fsp3) is 0.318. The van der Waals surface area contributed by atoms with Crippen molar-refractivity contribution in [3.63, 3.8) is 0 Å². The third-order valence-corrected chi connectivity index (χ3v) is 4.12. The summed E-state index contributed by atoms with van der Waals surface area (Å²) in [5, 5.41) is 5.63. The smallest absolute Gasteiger partial charge is 0.339 e. The van der Waals surface area contributed by atoms with Crippen LogP contribution >= 0.6 is 0 Å². The highest BCUT2D eigenvalue weighted by Gasteiger charge is 2.17. The number of hydrogen-bond donors (Lipinski definition) is 2. The zero-order valence-electron chi connectivity index (χ0n) is 17.9. The molecule has 0 aliphatic carbocycles. The third kappa shape index (κ3) is 6.36. The molecule has 0 aliphatic rings. The molecular formula is C22H26N2O7. The molecule has 0 aromatic heterocycles. The molecule has 2 aromatic carbocycles. The molecule has 0 spiro atoms. The maximum absolute atomic E-state index is 12.6. The van der Waals surface area contributed by atoms with Crippen LogP contribution in [0.5, 0.6) is 11.5 Å². The summed E-state index contributed by atoms with van der Waals surface area (Å²) in [6, 6.07) is 9.43. The predicted octanol–water partition coefficient (Wildman–Crippen LogP) is 3.11. The van der Waals surface area contributed by atoms with Gasteiger partial charge >= 0.3 is 11.9 Å². The molecule has 0 heterocycles. The molecule has 9 nitrogen and oxygen atoms in total. The molecule has 166 valence electrons. The lowest BCUT2D eigenvalue weighted by molar-refractivity contribution is -0.114. The van der Waals surface area contributed by atoms with Gasteiger partial charge in [-0.05, 0) is 44.2 Å². The van der Waals surface area contributed by atoms with Gasteiger partial charge in [0.05, 0.1) is 56.5 Å². The number of rotatable bonds is 10. The summed E-state index contributed by atoms with van der Waals surface area (Å²) in [7, 11) is 2.47. The molecule has 0 unspecified atom stereocenters.